The van der Waals surface area contributed by atoms with Gasteiger partial charge in [0.25, 0.3) is 0 Å². The molecular formula is C28H32N2. The van der Waals surface area contributed by atoms with E-state index >= 15 is 0 Å². The highest BCUT2D eigenvalue weighted by atomic mass is 15.2. The van der Waals surface area contributed by atoms with Crippen LogP contribution in [0.5, 0.6) is 0 Å². The van der Waals surface area contributed by atoms with Gasteiger partial charge in [0.2, 0.25) is 0 Å². The highest BCUT2D eigenvalue weighted by molar-refractivity contribution is 5.36. The summed E-state index contributed by atoms with van der Waals surface area (Å²) in [5.74, 6) is 1.19. The topological polar surface area (TPSA) is 15.3 Å². The van der Waals surface area contributed by atoms with Crippen molar-refractivity contribution in [2.45, 2.75) is 37.3 Å². The average Bonchev–Trinajstić information content (AvgIpc) is 2.83. The van der Waals surface area contributed by atoms with Crippen LogP contribution in [0.15, 0.2) is 91.0 Å². The van der Waals surface area contributed by atoms with Crippen molar-refractivity contribution in [1.29, 1.82) is 0 Å². The number of benzene rings is 3. The van der Waals surface area contributed by atoms with E-state index in [1.165, 1.54) is 42.6 Å². The molecule has 3 heterocycles. The first-order chi connectivity index (χ1) is 14.9. The van der Waals surface area contributed by atoms with Crippen LogP contribution in [-0.4, -0.2) is 36.6 Å². The molecule has 2 heteroatoms. The number of hydrogen-bond acceptors (Lipinski definition) is 2. The fourth-order valence-electron chi connectivity index (χ4n) is 5.72. The van der Waals surface area contributed by atoms with Gasteiger partial charge in [-0.2, -0.15) is 0 Å². The lowest BCUT2D eigenvalue weighted by Crippen LogP contribution is -2.64. The number of nitrogens with one attached hydrogen (secondary N) is 1. The second-order valence-electron chi connectivity index (χ2n) is 8.88. The molecule has 0 saturated carbocycles. The lowest BCUT2D eigenvalue weighted by molar-refractivity contribution is 0.00567. The Labute approximate surface area is 180 Å². The minimum Gasteiger partial charge on any atom is -0.312 e. The quantitative estimate of drug-likeness (QED) is 0.597. The van der Waals surface area contributed by atoms with E-state index in [2.05, 4.69) is 101 Å². The molecule has 3 fully saturated rings. The van der Waals surface area contributed by atoms with Gasteiger partial charge in [-0.1, -0.05) is 91.0 Å². The number of nitrogens with zero attached hydrogens (tertiary/aromatic N) is 1. The predicted octanol–water partition coefficient (Wildman–Crippen LogP) is 5.11. The van der Waals surface area contributed by atoms with Crippen molar-refractivity contribution >= 4 is 0 Å². The van der Waals surface area contributed by atoms with Crippen molar-refractivity contribution < 1.29 is 0 Å². The maximum Gasteiger partial charge on any atom is 0.0361 e. The Morgan fingerprint density at radius 3 is 1.83 bits per heavy atom. The monoisotopic (exact) mass is 396 g/mol. The molecule has 3 aromatic rings. The maximum atomic E-state index is 4.03. The third-order valence-corrected chi connectivity index (χ3v) is 7.17. The van der Waals surface area contributed by atoms with E-state index in [1.807, 2.05) is 0 Å². The molecule has 2 bridgehead atoms. The standard InChI is InChI=1S/C28H32N2/c1-4-10-22(11-5-1)16-19-29-27-25-17-20-30(21-18-25)28(27)26(23-12-6-2-7-13-23)24-14-8-3-9-15-24/h1-15,25-29H,16-21H2/t27-,28-/m0/s1. The van der Waals surface area contributed by atoms with Gasteiger partial charge in [0.1, 0.15) is 0 Å². The number of piperidine rings is 3. The summed E-state index contributed by atoms with van der Waals surface area (Å²) in [5, 5.41) is 4.03. The highest BCUT2D eigenvalue weighted by Crippen LogP contribution is 2.41. The Hall–Kier alpha value is -2.42. The third kappa shape index (κ3) is 4.08. The van der Waals surface area contributed by atoms with Gasteiger partial charge in [-0.15, -0.1) is 0 Å². The summed E-state index contributed by atoms with van der Waals surface area (Å²) >= 11 is 0. The van der Waals surface area contributed by atoms with Gasteiger partial charge in [0.05, 0.1) is 0 Å². The minimum absolute atomic E-state index is 0.407. The zero-order valence-electron chi connectivity index (χ0n) is 17.7. The van der Waals surface area contributed by atoms with Crippen LogP contribution in [0.4, 0.5) is 0 Å². The molecule has 2 nitrogen and oxygen atoms in total. The predicted molar refractivity (Wildman–Crippen MR) is 125 cm³/mol. The zero-order chi connectivity index (χ0) is 20.2. The van der Waals surface area contributed by atoms with Crippen LogP contribution in [0, 0.1) is 5.92 Å². The van der Waals surface area contributed by atoms with Gasteiger partial charge >= 0.3 is 0 Å². The molecular weight excluding hydrogens is 364 g/mol. The van der Waals surface area contributed by atoms with Gasteiger partial charge in [0.15, 0.2) is 0 Å². The molecule has 0 amide bonds. The van der Waals surface area contributed by atoms with Crippen molar-refractivity contribution in [2.24, 2.45) is 5.92 Å². The first-order valence-electron chi connectivity index (χ1n) is 11.5. The second kappa shape index (κ2) is 9.16. The molecule has 30 heavy (non-hydrogen) atoms. The fraction of sp³-hybridized carbons (Fsp3) is 0.357. The van der Waals surface area contributed by atoms with Crippen molar-refractivity contribution in [2.75, 3.05) is 19.6 Å². The van der Waals surface area contributed by atoms with E-state index in [0.29, 0.717) is 18.0 Å². The Morgan fingerprint density at radius 2 is 1.27 bits per heavy atom. The molecule has 0 radical (unpaired) electrons. The summed E-state index contributed by atoms with van der Waals surface area (Å²) < 4.78 is 0. The lowest BCUT2D eigenvalue weighted by atomic mass is 9.70. The largest absolute Gasteiger partial charge is 0.312 e. The molecule has 3 aliphatic rings. The van der Waals surface area contributed by atoms with Gasteiger partial charge < -0.3 is 5.32 Å². The third-order valence-electron chi connectivity index (χ3n) is 7.17. The van der Waals surface area contributed by atoms with E-state index in [9.17, 15) is 0 Å². The lowest BCUT2D eigenvalue weighted by Gasteiger charge is -2.54. The van der Waals surface area contributed by atoms with Gasteiger partial charge in [-0.25, -0.2) is 0 Å². The molecule has 6 rings (SSSR count). The van der Waals surface area contributed by atoms with Crippen LogP contribution in [-0.2, 0) is 6.42 Å². The summed E-state index contributed by atoms with van der Waals surface area (Å²) in [6, 6.07) is 34.3. The van der Waals surface area contributed by atoms with Crippen LogP contribution in [0.1, 0.15) is 35.4 Å². The van der Waals surface area contributed by atoms with Crippen LogP contribution in [0.3, 0.4) is 0 Å². The van der Waals surface area contributed by atoms with Crippen molar-refractivity contribution in [3.63, 3.8) is 0 Å². The summed E-state index contributed by atoms with van der Waals surface area (Å²) in [6.45, 7) is 3.52. The number of fused-ring (bicyclic) bond motifs is 3. The summed E-state index contributed by atoms with van der Waals surface area (Å²) in [6.07, 6.45) is 3.75. The highest BCUT2D eigenvalue weighted by Gasteiger charge is 2.46. The maximum absolute atomic E-state index is 4.03. The average molecular weight is 397 g/mol. The molecule has 0 aromatic heterocycles. The van der Waals surface area contributed by atoms with Gasteiger partial charge in [-0.3, -0.25) is 4.90 Å². The molecule has 3 saturated heterocycles. The van der Waals surface area contributed by atoms with Crippen molar-refractivity contribution in [3.8, 4) is 0 Å². The second-order valence-corrected chi connectivity index (χ2v) is 8.88. The van der Waals surface area contributed by atoms with Gasteiger partial charge in [-0.05, 0) is 61.5 Å². The minimum atomic E-state index is 0.407. The Balaban J connectivity index is 1.43. The van der Waals surface area contributed by atoms with Crippen LogP contribution in [0.2, 0.25) is 0 Å². The molecule has 3 aliphatic heterocycles. The van der Waals surface area contributed by atoms with E-state index in [-0.39, 0.29) is 0 Å². The van der Waals surface area contributed by atoms with Crippen LogP contribution >= 0.6 is 0 Å². The fourth-order valence-corrected chi connectivity index (χ4v) is 5.72. The Morgan fingerprint density at radius 1 is 0.733 bits per heavy atom. The Bertz CT molecular complexity index is 862. The van der Waals surface area contributed by atoms with Crippen LogP contribution < -0.4 is 5.32 Å². The summed E-state index contributed by atoms with van der Waals surface area (Å²) in [5.41, 5.74) is 4.30. The molecule has 0 unspecified atom stereocenters. The normalized spacial score (nSPS) is 25.5. The Kier molecular flexibility index (Phi) is 5.96. The van der Waals surface area contributed by atoms with E-state index in [0.717, 1.165) is 18.9 Å². The molecule has 1 N–H and O–H groups in total. The molecule has 0 spiro atoms. The van der Waals surface area contributed by atoms with Crippen molar-refractivity contribution in [1.82, 2.24) is 10.2 Å². The van der Waals surface area contributed by atoms with Gasteiger partial charge in [0, 0.05) is 18.0 Å². The smallest absolute Gasteiger partial charge is 0.0361 e. The number of rotatable bonds is 7. The van der Waals surface area contributed by atoms with E-state index < -0.39 is 0 Å². The number of hydrogen-bond donors (Lipinski definition) is 1. The first-order valence-corrected chi connectivity index (χ1v) is 11.5. The van der Waals surface area contributed by atoms with Crippen LogP contribution in [0.25, 0.3) is 0 Å². The molecule has 0 aliphatic carbocycles. The first kappa shape index (κ1) is 19.5. The SMILES string of the molecule is c1ccc(CCN[C@H]2C3CCN(CC3)[C@H]2C(c2ccccc2)c2ccccc2)cc1. The molecule has 3 aromatic carbocycles. The van der Waals surface area contributed by atoms with E-state index in [1.54, 1.807) is 0 Å². The van der Waals surface area contributed by atoms with E-state index in [4.69, 9.17) is 0 Å². The molecule has 2 atom stereocenters. The summed E-state index contributed by atoms with van der Waals surface area (Å²) in [4.78, 5) is 2.77. The molecule has 154 valence electrons. The summed E-state index contributed by atoms with van der Waals surface area (Å²) in [7, 11) is 0. The zero-order valence-corrected chi connectivity index (χ0v) is 17.7. The van der Waals surface area contributed by atoms with Crippen molar-refractivity contribution in [3.05, 3.63) is 108 Å².